The molecule has 1 aromatic carbocycles. The van der Waals surface area contributed by atoms with Crippen LogP contribution in [0.1, 0.15) is 15.9 Å². The lowest BCUT2D eigenvalue weighted by molar-refractivity contribution is -0.242. The van der Waals surface area contributed by atoms with Crippen LogP contribution >= 0.6 is 7.60 Å². The third kappa shape index (κ3) is 5.03. The Morgan fingerprint density at radius 2 is 1.80 bits per heavy atom. The van der Waals surface area contributed by atoms with Crippen LogP contribution in [0.15, 0.2) is 24.3 Å². The SMILES string of the molecule is COOP(=O)(CCc1cccc(C(=O)OC)c1)OOC. The van der Waals surface area contributed by atoms with E-state index in [1.807, 2.05) is 0 Å². The molecule has 1 aromatic rings. The number of methoxy groups -OCH3 is 1. The summed E-state index contributed by atoms with van der Waals surface area (Å²) >= 11 is 0. The Morgan fingerprint density at radius 3 is 2.35 bits per heavy atom. The minimum Gasteiger partial charge on any atom is -0.465 e. The van der Waals surface area contributed by atoms with Crippen molar-refractivity contribution >= 4 is 13.6 Å². The minimum atomic E-state index is -3.49. The van der Waals surface area contributed by atoms with Crippen molar-refractivity contribution in [2.45, 2.75) is 6.42 Å². The lowest BCUT2D eigenvalue weighted by Gasteiger charge is -2.13. The van der Waals surface area contributed by atoms with Crippen LogP contribution in [0, 0.1) is 0 Å². The molecular formula is C12H17O7P. The summed E-state index contributed by atoms with van der Waals surface area (Å²) < 4.78 is 25.9. The molecule has 0 aliphatic carbocycles. The topological polar surface area (TPSA) is 80.3 Å². The first-order valence-corrected chi connectivity index (χ1v) is 7.48. The number of hydrogen-bond donors (Lipinski definition) is 0. The van der Waals surface area contributed by atoms with Gasteiger partial charge in [-0.15, -0.1) is 9.35 Å². The zero-order chi connectivity index (χ0) is 15.0. The predicted octanol–water partition coefficient (Wildman–Crippen LogP) is 2.36. The van der Waals surface area contributed by atoms with Gasteiger partial charge in [0.25, 0.3) is 0 Å². The molecule has 1 rings (SSSR count). The lowest BCUT2D eigenvalue weighted by Crippen LogP contribution is -2.04. The van der Waals surface area contributed by atoms with Gasteiger partial charge in [0.2, 0.25) is 0 Å². The van der Waals surface area contributed by atoms with E-state index in [1.54, 1.807) is 24.3 Å². The summed E-state index contributed by atoms with van der Waals surface area (Å²) in [6.45, 7) is 0. The van der Waals surface area contributed by atoms with Crippen LogP contribution < -0.4 is 0 Å². The van der Waals surface area contributed by atoms with Gasteiger partial charge in [-0.2, -0.15) is 0 Å². The van der Waals surface area contributed by atoms with E-state index in [-0.39, 0.29) is 6.16 Å². The fraction of sp³-hybridized carbons (Fsp3) is 0.417. The first-order valence-electron chi connectivity index (χ1n) is 5.76. The molecular weight excluding hydrogens is 287 g/mol. The van der Waals surface area contributed by atoms with Crippen molar-refractivity contribution in [3.63, 3.8) is 0 Å². The van der Waals surface area contributed by atoms with Crippen LogP contribution in [-0.4, -0.2) is 33.5 Å². The highest BCUT2D eigenvalue weighted by Gasteiger charge is 2.27. The molecule has 0 saturated heterocycles. The van der Waals surface area contributed by atoms with Crippen molar-refractivity contribution in [2.75, 3.05) is 27.5 Å². The molecule has 0 spiro atoms. The van der Waals surface area contributed by atoms with Crippen molar-refractivity contribution in [3.8, 4) is 0 Å². The lowest BCUT2D eigenvalue weighted by atomic mass is 10.1. The van der Waals surface area contributed by atoms with Gasteiger partial charge >= 0.3 is 13.6 Å². The highest BCUT2D eigenvalue weighted by atomic mass is 31.2. The standard InChI is InChI=1S/C12H17O7P/c1-15-12(13)11-6-4-5-10(9-11)7-8-20(14,18-16-2)19-17-3/h4-6,9H,7-8H2,1-3H3. The maximum absolute atomic E-state index is 12.1. The highest BCUT2D eigenvalue weighted by Crippen LogP contribution is 2.48. The third-order valence-electron chi connectivity index (χ3n) is 2.40. The van der Waals surface area contributed by atoms with E-state index in [0.717, 1.165) is 5.56 Å². The Balaban J connectivity index is 2.73. The maximum atomic E-state index is 12.1. The van der Waals surface area contributed by atoms with Gasteiger partial charge in [-0.25, -0.2) is 14.6 Å². The number of benzene rings is 1. The third-order valence-corrected chi connectivity index (χ3v) is 3.92. The summed E-state index contributed by atoms with van der Waals surface area (Å²) in [7, 11) is 0.268. The monoisotopic (exact) mass is 304 g/mol. The van der Waals surface area contributed by atoms with Gasteiger partial charge in [0.1, 0.15) is 0 Å². The molecule has 112 valence electrons. The summed E-state index contributed by atoms with van der Waals surface area (Å²) in [4.78, 5) is 20.2. The van der Waals surface area contributed by atoms with Crippen molar-refractivity contribution in [1.29, 1.82) is 0 Å². The zero-order valence-electron chi connectivity index (χ0n) is 11.5. The summed E-state index contributed by atoms with van der Waals surface area (Å²) in [6, 6.07) is 6.78. The molecule has 0 atom stereocenters. The molecule has 0 N–H and O–H groups in total. The van der Waals surface area contributed by atoms with E-state index in [0.29, 0.717) is 12.0 Å². The van der Waals surface area contributed by atoms with Gasteiger partial charge in [-0.05, 0) is 24.1 Å². The number of rotatable bonds is 8. The van der Waals surface area contributed by atoms with E-state index >= 15 is 0 Å². The number of hydrogen-bond acceptors (Lipinski definition) is 7. The van der Waals surface area contributed by atoms with E-state index in [4.69, 9.17) is 0 Å². The normalized spacial score (nSPS) is 11.3. The second-order valence-electron chi connectivity index (χ2n) is 3.76. The molecule has 0 bridgehead atoms. The molecule has 0 heterocycles. The second kappa shape index (κ2) is 8.14. The van der Waals surface area contributed by atoms with E-state index < -0.39 is 13.6 Å². The Hall–Kier alpha value is -1.24. The van der Waals surface area contributed by atoms with Crippen LogP contribution in [0.4, 0.5) is 0 Å². The van der Waals surface area contributed by atoms with Crippen LogP contribution in [0.2, 0.25) is 0 Å². The number of esters is 1. The van der Waals surface area contributed by atoms with Gasteiger partial charge in [0, 0.05) is 0 Å². The van der Waals surface area contributed by atoms with Gasteiger partial charge in [0.15, 0.2) is 0 Å². The molecule has 20 heavy (non-hydrogen) atoms. The molecule has 0 aromatic heterocycles. The molecule has 0 saturated carbocycles. The number of carbonyl (C=O) groups is 1. The van der Waals surface area contributed by atoms with E-state index in [2.05, 4.69) is 23.9 Å². The number of carbonyl (C=O) groups excluding carboxylic acids is 1. The minimum absolute atomic E-state index is 0.0410. The van der Waals surface area contributed by atoms with E-state index in [1.165, 1.54) is 21.3 Å². The molecule has 0 fully saturated rings. The largest absolute Gasteiger partial charge is 0.465 e. The summed E-state index contributed by atoms with van der Waals surface area (Å²) in [5.41, 5.74) is 1.20. The van der Waals surface area contributed by atoms with Crippen LogP contribution in [-0.2, 0) is 34.8 Å². The average Bonchev–Trinajstić information content (AvgIpc) is 2.45. The summed E-state index contributed by atoms with van der Waals surface area (Å²) in [5.74, 6) is -0.434. The Morgan fingerprint density at radius 1 is 1.15 bits per heavy atom. The summed E-state index contributed by atoms with van der Waals surface area (Å²) in [6.07, 6.45) is 0.397. The Kier molecular flexibility index (Phi) is 6.84. The molecule has 0 amide bonds. The fourth-order valence-corrected chi connectivity index (χ4v) is 2.71. The second-order valence-corrected chi connectivity index (χ2v) is 5.73. The summed E-state index contributed by atoms with van der Waals surface area (Å²) in [5, 5.41) is 0. The Labute approximate surface area is 117 Å². The number of ether oxygens (including phenoxy) is 1. The van der Waals surface area contributed by atoms with Gasteiger partial charge in [0.05, 0.1) is 33.1 Å². The molecule has 7 nitrogen and oxygen atoms in total. The van der Waals surface area contributed by atoms with Gasteiger partial charge in [-0.3, -0.25) is 4.57 Å². The van der Waals surface area contributed by atoms with Crippen LogP contribution in [0.3, 0.4) is 0 Å². The molecule has 0 aliphatic rings. The first kappa shape index (κ1) is 16.8. The molecule has 0 aliphatic heterocycles. The van der Waals surface area contributed by atoms with Gasteiger partial charge < -0.3 is 4.74 Å². The quantitative estimate of drug-likeness (QED) is 0.315. The number of aryl methyl sites for hydroxylation is 1. The predicted molar refractivity (Wildman–Crippen MR) is 70.1 cm³/mol. The average molecular weight is 304 g/mol. The molecule has 0 radical (unpaired) electrons. The van der Waals surface area contributed by atoms with Crippen molar-refractivity contribution in [1.82, 2.24) is 0 Å². The zero-order valence-corrected chi connectivity index (χ0v) is 12.4. The molecule has 0 unspecified atom stereocenters. The van der Waals surface area contributed by atoms with Crippen molar-refractivity contribution in [2.24, 2.45) is 0 Å². The maximum Gasteiger partial charge on any atom is 0.384 e. The van der Waals surface area contributed by atoms with Gasteiger partial charge in [-0.1, -0.05) is 12.1 Å². The van der Waals surface area contributed by atoms with E-state index in [9.17, 15) is 9.36 Å². The fourth-order valence-electron chi connectivity index (χ4n) is 1.55. The molecule has 8 heteroatoms. The van der Waals surface area contributed by atoms with Crippen molar-refractivity contribution < 1.29 is 33.2 Å². The highest BCUT2D eigenvalue weighted by molar-refractivity contribution is 7.53. The van der Waals surface area contributed by atoms with Crippen molar-refractivity contribution in [3.05, 3.63) is 35.4 Å². The van der Waals surface area contributed by atoms with Crippen LogP contribution in [0.25, 0.3) is 0 Å². The first-order chi connectivity index (χ1) is 9.54. The Bertz CT molecular complexity index is 478. The smallest absolute Gasteiger partial charge is 0.384 e. The van der Waals surface area contributed by atoms with Crippen LogP contribution in [0.5, 0.6) is 0 Å².